The molecule has 0 radical (unpaired) electrons. The van der Waals surface area contributed by atoms with Gasteiger partial charge in [0.05, 0.1) is 11.6 Å². The maximum atomic E-state index is 9.49. The Labute approximate surface area is 97.8 Å². The first kappa shape index (κ1) is 13.6. The lowest BCUT2D eigenvalue weighted by molar-refractivity contribution is 0.371. The molecule has 1 aromatic rings. The van der Waals surface area contributed by atoms with Crippen molar-refractivity contribution in [2.75, 3.05) is 7.11 Å². The minimum absolute atomic E-state index is 0. The van der Waals surface area contributed by atoms with E-state index in [0.29, 0.717) is 10.2 Å². The predicted molar refractivity (Wildman–Crippen MR) is 62.2 cm³/mol. The van der Waals surface area contributed by atoms with E-state index < -0.39 is 0 Å². The molecule has 3 nitrogen and oxygen atoms in total. The molecule has 0 fully saturated rings. The van der Waals surface area contributed by atoms with Crippen LogP contribution in [0.3, 0.4) is 0 Å². The van der Waals surface area contributed by atoms with Gasteiger partial charge in [0, 0.05) is 6.04 Å². The molecule has 0 aliphatic rings. The normalized spacial score (nSPS) is 11.7. The highest BCUT2D eigenvalue weighted by Gasteiger charge is 2.10. The Hall–Kier alpha value is -0.450. The molecule has 0 unspecified atom stereocenters. The molecule has 1 rings (SSSR count). The lowest BCUT2D eigenvalue weighted by Gasteiger charge is -2.10. The Morgan fingerprint density at radius 3 is 2.50 bits per heavy atom. The molecule has 0 saturated carbocycles. The molecule has 0 heterocycles. The van der Waals surface area contributed by atoms with Crippen molar-refractivity contribution < 1.29 is 9.84 Å². The third-order valence-electron chi connectivity index (χ3n) is 1.80. The van der Waals surface area contributed by atoms with Gasteiger partial charge in [-0.1, -0.05) is 0 Å². The summed E-state index contributed by atoms with van der Waals surface area (Å²) in [5.41, 5.74) is 6.62. The van der Waals surface area contributed by atoms with Crippen LogP contribution in [0.5, 0.6) is 11.5 Å². The third-order valence-corrected chi connectivity index (χ3v) is 2.40. The summed E-state index contributed by atoms with van der Waals surface area (Å²) in [6.45, 7) is 1.87. The Morgan fingerprint density at radius 2 is 2.07 bits per heavy atom. The van der Waals surface area contributed by atoms with Gasteiger partial charge in [-0.2, -0.15) is 0 Å². The van der Waals surface area contributed by atoms with Gasteiger partial charge in [0.1, 0.15) is 0 Å². The second-order valence-electron chi connectivity index (χ2n) is 2.84. The van der Waals surface area contributed by atoms with Gasteiger partial charge in [0.2, 0.25) is 0 Å². The summed E-state index contributed by atoms with van der Waals surface area (Å²) in [5, 5.41) is 9.49. The molecule has 80 valence electrons. The molecule has 0 bridgehead atoms. The Kier molecular flexibility index (Phi) is 5.26. The van der Waals surface area contributed by atoms with Crippen molar-refractivity contribution in [3.63, 3.8) is 0 Å². The summed E-state index contributed by atoms with van der Waals surface area (Å²) >= 11 is 3.22. The van der Waals surface area contributed by atoms with Crippen LogP contribution in [-0.2, 0) is 0 Å². The summed E-state index contributed by atoms with van der Waals surface area (Å²) < 4.78 is 5.58. The van der Waals surface area contributed by atoms with Crippen molar-refractivity contribution in [1.29, 1.82) is 0 Å². The van der Waals surface area contributed by atoms with Gasteiger partial charge in [-0.25, -0.2) is 0 Å². The van der Waals surface area contributed by atoms with Crippen molar-refractivity contribution in [1.82, 2.24) is 0 Å². The molecule has 14 heavy (non-hydrogen) atoms. The minimum Gasteiger partial charge on any atom is -0.503 e. The van der Waals surface area contributed by atoms with Crippen LogP contribution < -0.4 is 10.5 Å². The van der Waals surface area contributed by atoms with Crippen LogP contribution >= 0.6 is 28.3 Å². The molecular weight excluding hydrogens is 269 g/mol. The highest BCUT2D eigenvalue weighted by molar-refractivity contribution is 9.10. The maximum absolute atomic E-state index is 9.49. The van der Waals surface area contributed by atoms with Gasteiger partial charge in [0.25, 0.3) is 0 Å². The van der Waals surface area contributed by atoms with Gasteiger partial charge >= 0.3 is 0 Å². The number of phenols is 1. The second kappa shape index (κ2) is 5.44. The Morgan fingerprint density at radius 1 is 1.50 bits per heavy atom. The highest BCUT2D eigenvalue weighted by Crippen LogP contribution is 2.36. The molecule has 1 atom stereocenters. The molecular formula is C9H13BrClNO2. The van der Waals surface area contributed by atoms with E-state index in [-0.39, 0.29) is 24.2 Å². The quantitative estimate of drug-likeness (QED) is 0.876. The van der Waals surface area contributed by atoms with E-state index in [0.717, 1.165) is 5.56 Å². The van der Waals surface area contributed by atoms with Crippen LogP contribution in [-0.4, -0.2) is 12.2 Å². The van der Waals surface area contributed by atoms with Crippen molar-refractivity contribution in [2.24, 2.45) is 5.73 Å². The van der Waals surface area contributed by atoms with Crippen molar-refractivity contribution in [3.8, 4) is 11.5 Å². The number of hydrogen-bond acceptors (Lipinski definition) is 3. The van der Waals surface area contributed by atoms with Gasteiger partial charge in [-0.05, 0) is 40.5 Å². The standard InChI is InChI=1S/C9H12BrNO2.ClH/c1-5(11)6-3-7(10)9(12)8(4-6)13-2;/h3-5,12H,11H2,1-2H3;1H/t5-;/m0./s1. The SMILES string of the molecule is COc1cc([C@H](C)N)cc(Br)c1O.Cl. The van der Waals surface area contributed by atoms with Crippen LogP contribution in [0.2, 0.25) is 0 Å². The smallest absolute Gasteiger partial charge is 0.172 e. The number of hydrogen-bond donors (Lipinski definition) is 2. The monoisotopic (exact) mass is 281 g/mol. The number of aromatic hydroxyl groups is 1. The molecule has 0 aromatic heterocycles. The number of benzene rings is 1. The molecule has 0 spiro atoms. The average molecular weight is 283 g/mol. The second-order valence-corrected chi connectivity index (χ2v) is 3.70. The molecule has 1 aromatic carbocycles. The Bertz CT molecular complexity index is 318. The largest absolute Gasteiger partial charge is 0.503 e. The van der Waals surface area contributed by atoms with Crippen LogP contribution in [0, 0.1) is 0 Å². The summed E-state index contributed by atoms with van der Waals surface area (Å²) in [4.78, 5) is 0. The van der Waals surface area contributed by atoms with E-state index in [9.17, 15) is 5.11 Å². The van der Waals surface area contributed by atoms with Gasteiger partial charge in [-0.3, -0.25) is 0 Å². The lowest BCUT2D eigenvalue weighted by Crippen LogP contribution is -2.05. The third kappa shape index (κ3) is 2.77. The summed E-state index contributed by atoms with van der Waals surface area (Å²) in [5.74, 6) is 0.536. The highest BCUT2D eigenvalue weighted by atomic mass is 79.9. The Balaban J connectivity index is 0.00000169. The minimum atomic E-state index is -0.0780. The molecule has 0 aliphatic carbocycles. The molecule has 3 N–H and O–H groups in total. The first-order valence-electron chi connectivity index (χ1n) is 3.88. The van der Waals surface area contributed by atoms with Gasteiger partial charge in [0.15, 0.2) is 11.5 Å². The number of rotatable bonds is 2. The predicted octanol–water partition coefficient (Wildman–Crippen LogP) is 2.60. The van der Waals surface area contributed by atoms with E-state index in [1.165, 1.54) is 7.11 Å². The molecule has 0 saturated heterocycles. The van der Waals surface area contributed by atoms with Crippen molar-refractivity contribution in [2.45, 2.75) is 13.0 Å². The summed E-state index contributed by atoms with van der Waals surface area (Å²) in [6, 6.07) is 3.43. The van der Waals surface area contributed by atoms with Gasteiger partial charge < -0.3 is 15.6 Å². The van der Waals surface area contributed by atoms with Gasteiger partial charge in [-0.15, -0.1) is 12.4 Å². The van der Waals surface area contributed by atoms with E-state index in [1.54, 1.807) is 12.1 Å². The van der Waals surface area contributed by atoms with Crippen LogP contribution in [0.1, 0.15) is 18.5 Å². The fraction of sp³-hybridized carbons (Fsp3) is 0.333. The summed E-state index contributed by atoms with van der Waals surface area (Å²) in [7, 11) is 1.51. The number of halogens is 2. The zero-order chi connectivity index (χ0) is 10.0. The molecule has 5 heteroatoms. The van der Waals surface area contributed by atoms with Crippen LogP contribution in [0.15, 0.2) is 16.6 Å². The van der Waals surface area contributed by atoms with Crippen molar-refractivity contribution >= 4 is 28.3 Å². The summed E-state index contributed by atoms with van der Waals surface area (Å²) in [6.07, 6.45) is 0. The number of methoxy groups -OCH3 is 1. The molecule has 0 amide bonds. The number of ether oxygens (including phenoxy) is 1. The number of nitrogens with two attached hydrogens (primary N) is 1. The van der Waals surface area contributed by atoms with E-state index in [4.69, 9.17) is 10.5 Å². The number of phenolic OH excluding ortho intramolecular Hbond substituents is 1. The fourth-order valence-electron chi connectivity index (χ4n) is 1.01. The van der Waals surface area contributed by atoms with Crippen LogP contribution in [0.25, 0.3) is 0 Å². The zero-order valence-corrected chi connectivity index (χ0v) is 10.4. The topological polar surface area (TPSA) is 55.5 Å². The molecule has 0 aliphatic heterocycles. The van der Waals surface area contributed by atoms with E-state index >= 15 is 0 Å². The average Bonchev–Trinajstić information content (AvgIpc) is 2.09. The van der Waals surface area contributed by atoms with E-state index in [2.05, 4.69) is 15.9 Å². The van der Waals surface area contributed by atoms with Crippen molar-refractivity contribution in [3.05, 3.63) is 22.2 Å². The zero-order valence-electron chi connectivity index (χ0n) is 7.95. The maximum Gasteiger partial charge on any atom is 0.172 e. The lowest BCUT2D eigenvalue weighted by atomic mass is 10.1. The van der Waals surface area contributed by atoms with Crippen LogP contribution in [0.4, 0.5) is 0 Å². The first-order valence-corrected chi connectivity index (χ1v) is 4.67. The van der Waals surface area contributed by atoms with E-state index in [1.807, 2.05) is 6.92 Å². The first-order chi connectivity index (χ1) is 6.06. The fourth-order valence-corrected chi connectivity index (χ4v) is 1.47.